The molecular formula is C26H33N3O4S. The predicted molar refractivity (Wildman–Crippen MR) is 134 cm³/mol. The van der Waals surface area contributed by atoms with Crippen LogP contribution in [-0.2, 0) is 11.8 Å². The number of methoxy groups -OCH3 is 1. The summed E-state index contributed by atoms with van der Waals surface area (Å²) in [6, 6.07) is 9.58. The number of carboxylic acids is 1. The van der Waals surface area contributed by atoms with Gasteiger partial charge in [0.25, 0.3) is 0 Å². The van der Waals surface area contributed by atoms with Crippen LogP contribution in [0.5, 0.6) is 5.75 Å². The quantitative estimate of drug-likeness (QED) is 0.418. The van der Waals surface area contributed by atoms with Gasteiger partial charge in [0.05, 0.1) is 24.6 Å². The fraction of sp³-hybridized carbons (Fsp3) is 0.462. The number of thioether (sulfide) groups is 1. The molecule has 7 nitrogen and oxygen atoms in total. The fourth-order valence-electron chi connectivity index (χ4n) is 4.84. The Balaban J connectivity index is 1.33. The molecule has 0 spiro atoms. The first-order chi connectivity index (χ1) is 16.4. The zero-order valence-electron chi connectivity index (χ0n) is 19.8. The Hall–Kier alpha value is -2.55. The average Bonchev–Trinajstić information content (AvgIpc) is 3.26. The lowest BCUT2D eigenvalue weighted by Gasteiger charge is -2.36. The smallest absolute Gasteiger partial charge is 0.308 e. The van der Waals surface area contributed by atoms with Crippen LogP contribution < -0.4 is 4.74 Å². The number of piperidine rings is 1. The van der Waals surface area contributed by atoms with Crippen molar-refractivity contribution in [2.45, 2.75) is 30.3 Å². The molecule has 0 bridgehead atoms. The number of pyridine rings is 1. The Bertz CT molecular complexity index is 1120. The van der Waals surface area contributed by atoms with Crippen LogP contribution in [0.3, 0.4) is 0 Å². The third-order valence-corrected chi connectivity index (χ3v) is 7.75. The Morgan fingerprint density at radius 2 is 2.18 bits per heavy atom. The number of aryl methyl sites for hydroxylation is 1. The van der Waals surface area contributed by atoms with Gasteiger partial charge in [-0.15, -0.1) is 11.8 Å². The molecule has 0 saturated carbocycles. The van der Waals surface area contributed by atoms with Crippen LogP contribution in [0.1, 0.15) is 30.9 Å². The number of aliphatic hydroxyl groups is 1. The lowest BCUT2D eigenvalue weighted by atomic mass is 9.81. The maximum absolute atomic E-state index is 12.0. The van der Waals surface area contributed by atoms with Crippen molar-refractivity contribution >= 4 is 28.6 Å². The van der Waals surface area contributed by atoms with E-state index in [-0.39, 0.29) is 5.92 Å². The molecule has 3 aromatic rings. The van der Waals surface area contributed by atoms with E-state index in [1.165, 1.54) is 4.90 Å². The van der Waals surface area contributed by atoms with Crippen molar-refractivity contribution in [3.63, 3.8) is 0 Å². The number of ether oxygens (including phenoxy) is 1. The van der Waals surface area contributed by atoms with Crippen LogP contribution in [0.2, 0.25) is 0 Å². The molecule has 0 radical (unpaired) electrons. The molecule has 34 heavy (non-hydrogen) atoms. The highest BCUT2D eigenvalue weighted by Gasteiger charge is 2.34. The Kier molecular flexibility index (Phi) is 8.13. The molecular weight excluding hydrogens is 450 g/mol. The van der Waals surface area contributed by atoms with Crippen molar-refractivity contribution in [2.75, 3.05) is 32.5 Å². The summed E-state index contributed by atoms with van der Waals surface area (Å²) in [6.45, 7) is 2.35. The van der Waals surface area contributed by atoms with Crippen molar-refractivity contribution in [1.29, 1.82) is 0 Å². The molecule has 182 valence electrons. The standard InChI is InChI=1S/C26H33N3O4S/c1-28-11-9-20(16-28)34-14-13-29-12-8-18(23(17-29)26(31)32)3-6-25(30)21-7-10-27-24-5-4-19(33-2)15-22(21)24/h4-5,7,9-11,15-16,18,23,25,30H,3,6,8,12-14,17H2,1-2H3,(H,31,32)/t18-,23+,25?/m1/s1. The molecule has 3 heterocycles. The molecule has 1 unspecified atom stereocenters. The molecule has 1 aliphatic heterocycles. The summed E-state index contributed by atoms with van der Waals surface area (Å²) in [6.07, 6.45) is 7.21. The third-order valence-electron chi connectivity index (χ3n) is 6.79. The van der Waals surface area contributed by atoms with Crippen molar-refractivity contribution in [1.82, 2.24) is 14.5 Å². The summed E-state index contributed by atoms with van der Waals surface area (Å²) in [5.41, 5.74) is 1.62. The number of likely N-dealkylation sites (tertiary alicyclic amines) is 1. The van der Waals surface area contributed by atoms with Crippen molar-refractivity contribution in [2.24, 2.45) is 18.9 Å². The van der Waals surface area contributed by atoms with E-state index < -0.39 is 18.0 Å². The minimum Gasteiger partial charge on any atom is -0.497 e. The van der Waals surface area contributed by atoms with Gasteiger partial charge in [0, 0.05) is 54.8 Å². The zero-order chi connectivity index (χ0) is 24.1. The number of nitrogens with zero attached hydrogens (tertiary/aromatic N) is 3. The highest BCUT2D eigenvalue weighted by Crippen LogP contribution is 2.34. The van der Waals surface area contributed by atoms with Gasteiger partial charge in [-0.3, -0.25) is 9.78 Å². The largest absolute Gasteiger partial charge is 0.497 e. The minimum atomic E-state index is -0.737. The zero-order valence-corrected chi connectivity index (χ0v) is 20.6. The van der Waals surface area contributed by atoms with Gasteiger partial charge < -0.3 is 24.4 Å². The number of fused-ring (bicyclic) bond motifs is 1. The molecule has 0 aliphatic carbocycles. The predicted octanol–water partition coefficient (Wildman–Crippen LogP) is 4.21. The Morgan fingerprint density at radius 1 is 1.32 bits per heavy atom. The number of aliphatic hydroxyl groups excluding tert-OH is 1. The number of rotatable bonds is 10. The summed E-state index contributed by atoms with van der Waals surface area (Å²) in [5, 5.41) is 21.7. The second kappa shape index (κ2) is 11.3. The molecule has 3 atom stereocenters. The van der Waals surface area contributed by atoms with E-state index in [2.05, 4.69) is 22.1 Å². The van der Waals surface area contributed by atoms with Crippen molar-refractivity contribution in [3.8, 4) is 5.75 Å². The second-order valence-electron chi connectivity index (χ2n) is 9.03. The van der Waals surface area contributed by atoms with E-state index in [0.717, 1.165) is 47.5 Å². The van der Waals surface area contributed by atoms with Crippen LogP contribution >= 0.6 is 11.8 Å². The first-order valence-corrected chi connectivity index (χ1v) is 12.7. The number of benzene rings is 1. The summed E-state index contributed by atoms with van der Waals surface area (Å²) in [5.74, 6) is 0.583. The van der Waals surface area contributed by atoms with Gasteiger partial charge in [0.2, 0.25) is 0 Å². The molecule has 1 fully saturated rings. The summed E-state index contributed by atoms with van der Waals surface area (Å²) < 4.78 is 7.37. The van der Waals surface area contributed by atoms with E-state index in [9.17, 15) is 15.0 Å². The fourth-order valence-corrected chi connectivity index (χ4v) is 5.83. The topological polar surface area (TPSA) is 87.8 Å². The molecule has 2 aromatic heterocycles. The monoisotopic (exact) mass is 483 g/mol. The van der Waals surface area contributed by atoms with Gasteiger partial charge in [-0.25, -0.2) is 0 Å². The van der Waals surface area contributed by atoms with Gasteiger partial charge in [0.15, 0.2) is 0 Å². The second-order valence-corrected chi connectivity index (χ2v) is 10.2. The summed E-state index contributed by atoms with van der Waals surface area (Å²) in [7, 11) is 3.63. The van der Waals surface area contributed by atoms with Crippen LogP contribution in [0.4, 0.5) is 0 Å². The Labute approximate surface area is 204 Å². The maximum atomic E-state index is 12.0. The van der Waals surface area contributed by atoms with Gasteiger partial charge in [0.1, 0.15) is 5.75 Å². The lowest BCUT2D eigenvalue weighted by Crippen LogP contribution is -2.44. The van der Waals surface area contributed by atoms with Gasteiger partial charge in [-0.05, 0) is 67.6 Å². The molecule has 2 N–H and O–H groups in total. The Morgan fingerprint density at radius 3 is 2.91 bits per heavy atom. The number of hydrogen-bond acceptors (Lipinski definition) is 6. The van der Waals surface area contributed by atoms with Gasteiger partial charge in [-0.1, -0.05) is 0 Å². The van der Waals surface area contributed by atoms with E-state index in [1.54, 1.807) is 25.1 Å². The van der Waals surface area contributed by atoms with Crippen LogP contribution in [0.25, 0.3) is 10.9 Å². The molecule has 1 aromatic carbocycles. The van der Waals surface area contributed by atoms with Crippen molar-refractivity contribution in [3.05, 3.63) is 54.5 Å². The van der Waals surface area contributed by atoms with Gasteiger partial charge in [-0.2, -0.15) is 0 Å². The summed E-state index contributed by atoms with van der Waals surface area (Å²) in [4.78, 5) is 19.9. The SMILES string of the molecule is COc1ccc2nccc(C(O)CC[C@@H]3CCN(CCSc4ccn(C)c4)C[C@@H]3C(=O)O)c2c1. The number of aromatic nitrogens is 2. The van der Waals surface area contributed by atoms with Crippen LogP contribution in [0.15, 0.2) is 53.8 Å². The van der Waals surface area contributed by atoms with Crippen molar-refractivity contribution < 1.29 is 19.7 Å². The highest BCUT2D eigenvalue weighted by molar-refractivity contribution is 7.99. The number of hydrogen-bond donors (Lipinski definition) is 2. The molecule has 1 saturated heterocycles. The molecule has 4 rings (SSSR count). The maximum Gasteiger partial charge on any atom is 0.308 e. The third kappa shape index (κ3) is 5.92. The lowest BCUT2D eigenvalue weighted by molar-refractivity contribution is -0.146. The van der Waals surface area contributed by atoms with Crippen LogP contribution in [0, 0.1) is 11.8 Å². The normalized spacial score (nSPS) is 19.9. The first kappa shape index (κ1) is 24.6. The van der Waals surface area contributed by atoms with E-state index in [1.807, 2.05) is 42.1 Å². The molecule has 0 amide bonds. The average molecular weight is 484 g/mol. The minimum absolute atomic E-state index is 0.0628. The number of carbonyl (C=O) groups is 1. The number of carboxylic acid groups (broad SMARTS) is 1. The number of aliphatic carboxylic acids is 1. The van der Waals surface area contributed by atoms with E-state index >= 15 is 0 Å². The van der Waals surface area contributed by atoms with E-state index in [0.29, 0.717) is 19.4 Å². The van der Waals surface area contributed by atoms with Crippen LogP contribution in [-0.4, -0.2) is 63.1 Å². The first-order valence-electron chi connectivity index (χ1n) is 11.7. The molecule has 1 aliphatic rings. The van der Waals surface area contributed by atoms with E-state index in [4.69, 9.17) is 4.74 Å². The highest BCUT2D eigenvalue weighted by atomic mass is 32.2. The van der Waals surface area contributed by atoms with Gasteiger partial charge >= 0.3 is 5.97 Å². The summed E-state index contributed by atoms with van der Waals surface area (Å²) >= 11 is 1.80. The molecule has 8 heteroatoms.